The predicted octanol–water partition coefficient (Wildman–Crippen LogP) is 3.88. The summed E-state index contributed by atoms with van der Waals surface area (Å²) in [5.74, 6) is -0.998. The number of hydrogen-bond acceptors (Lipinski definition) is 4. The van der Waals surface area contributed by atoms with Gasteiger partial charge in [-0.3, -0.25) is 9.59 Å². The monoisotopic (exact) mass is 436 g/mol. The fraction of sp³-hybridized carbons (Fsp3) is 0.423. The highest BCUT2D eigenvalue weighted by Gasteiger charge is 2.37. The molecule has 0 fully saturated rings. The number of amides is 2. The Balaban J connectivity index is 1.86. The molecule has 2 amide bonds. The molecule has 2 unspecified atom stereocenters. The molecule has 0 spiro atoms. The van der Waals surface area contributed by atoms with Crippen molar-refractivity contribution in [1.82, 2.24) is 10.2 Å². The van der Waals surface area contributed by atoms with Gasteiger partial charge in [-0.15, -0.1) is 0 Å². The maximum Gasteiger partial charge on any atom is 0.329 e. The van der Waals surface area contributed by atoms with Crippen molar-refractivity contribution in [2.75, 3.05) is 0 Å². The Morgan fingerprint density at radius 1 is 1.03 bits per heavy atom. The fourth-order valence-electron chi connectivity index (χ4n) is 3.90. The quantitative estimate of drug-likeness (QED) is 0.698. The minimum absolute atomic E-state index is 0.204. The SMILES string of the molecule is CCCC(NC(=O)C1Cc2ccccc2CN1C(=O)c1ccccc1)C(=O)OC(C)(C)C. The van der Waals surface area contributed by atoms with Crippen LogP contribution < -0.4 is 5.32 Å². The molecule has 32 heavy (non-hydrogen) atoms. The summed E-state index contributed by atoms with van der Waals surface area (Å²) in [6.07, 6.45) is 1.58. The van der Waals surface area contributed by atoms with Crippen molar-refractivity contribution in [1.29, 1.82) is 0 Å². The molecule has 6 heteroatoms. The molecule has 0 aliphatic carbocycles. The molecule has 1 aliphatic rings. The Hall–Kier alpha value is -3.15. The molecule has 1 aliphatic heterocycles. The predicted molar refractivity (Wildman–Crippen MR) is 123 cm³/mol. The van der Waals surface area contributed by atoms with Crippen molar-refractivity contribution in [3.05, 3.63) is 71.3 Å². The molecule has 170 valence electrons. The summed E-state index contributed by atoms with van der Waals surface area (Å²) in [6, 6.07) is 15.3. The zero-order valence-corrected chi connectivity index (χ0v) is 19.3. The Morgan fingerprint density at radius 2 is 1.66 bits per heavy atom. The fourth-order valence-corrected chi connectivity index (χ4v) is 3.90. The third-order valence-electron chi connectivity index (χ3n) is 5.42. The lowest BCUT2D eigenvalue weighted by Crippen LogP contribution is -2.56. The minimum atomic E-state index is -0.752. The van der Waals surface area contributed by atoms with Crippen LogP contribution in [0.2, 0.25) is 0 Å². The van der Waals surface area contributed by atoms with Gasteiger partial charge >= 0.3 is 5.97 Å². The van der Waals surface area contributed by atoms with E-state index in [0.29, 0.717) is 31.4 Å². The van der Waals surface area contributed by atoms with Gasteiger partial charge in [0, 0.05) is 18.5 Å². The van der Waals surface area contributed by atoms with Crippen LogP contribution in [0.15, 0.2) is 54.6 Å². The highest BCUT2D eigenvalue weighted by atomic mass is 16.6. The van der Waals surface area contributed by atoms with E-state index in [-0.39, 0.29) is 11.8 Å². The van der Waals surface area contributed by atoms with E-state index < -0.39 is 23.7 Å². The topological polar surface area (TPSA) is 75.7 Å². The van der Waals surface area contributed by atoms with Gasteiger partial charge in [-0.25, -0.2) is 4.79 Å². The average Bonchev–Trinajstić information content (AvgIpc) is 2.76. The van der Waals surface area contributed by atoms with Gasteiger partial charge in [0.15, 0.2) is 0 Å². The second kappa shape index (κ2) is 9.98. The van der Waals surface area contributed by atoms with Crippen LogP contribution in [0.3, 0.4) is 0 Å². The van der Waals surface area contributed by atoms with Crippen LogP contribution in [-0.2, 0) is 27.3 Å². The molecule has 0 saturated carbocycles. The Labute approximate surface area is 189 Å². The molecule has 0 radical (unpaired) electrons. The standard InChI is InChI=1S/C26H32N2O4/c1-5-11-21(25(31)32-26(2,3)4)27-23(29)22-16-19-14-9-10-15-20(19)17-28(22)24(30)18-12-7-6-8-13-18/h6-10,12-15,21-22H,5,11,16-17H2,1-4H3,(H,27,29). The molecule has 2 aromatic carbocycles. The van der Waals surface area contributed by atoms with Gasteiger partial charge in [-0.2, -0.15) is 0 Å². The van der Waals surface area contributed by atoms with Crippen molar-refractivity contribution >= 4 is 17.8 Å². The van der Waals surface area contributed by atoms with E-state index >= 15 is 0 Å². The van der Waals surface area contributed by atoms with E-state index in [4.69, 9.17) is 4.74 Å². The highest BCUT2D eigenvalue weighted by Crippen LogP contribution is 2.25. The number of rotatable bonds is 6. The number of nitrogens with zero attached hydrogens (tertiary/aromatic N) is 1. The molecular weight excluding hydrogens is 404 g/mol. The third-order valence-corrected chi connectivity index (χ3v) is 5.42. The molecule has 0 aromatic heterocycles. The van der Waals surface area contributed by atoms with Gasteiger partial charge < -0.3 is 15.0 Å². The van der Waals surface area contributed by atoms with Crippen molar-refractivity contribution in [2.45, 2.75) is 71.2 Å². The number of ether oxygens (including phenoxy) is 1. The summed E-state index contributed by atoms with van der Waals surface area (Å²) in [5, 5.41) is 2.87. The first-order chi connectivity index (χ1) is 15.2. The largest absolute Gasteiger partial charge is 0.458 e. The zero-order valence-electron chi connectivity index (χ0n) is 19.3. The molecular formula is C26H32N2O4. The second-order valence-electron chi connectivity index (χ2n) is 9.17. The number of carbonyl (C=O) groups is 3. The first kappa shape index (κ1) is 23.5. The van der Waals surface area contributed by atoms with Gasteiger partial charge in [-0.1, -0.05) is 55.8 Å². The zero-order chi connectivity index (χ0) is 23.3. The summed E-state index contributed by atoms with van der Waals surface area (Å²) in [5.41, 5.74) is 1.95. The van der Waals surface area contributed by atoms with Gasteiger partial charge in [0.1, 0.15) is 17.7 Å². The number of esters is 1. The summed E-state index contributed by atoms with van der Waals surface area (Å²) in [7, 11) is 0. The first-order valence-electron chi connectivity index (χ1n) is 11.2. The van der Waals surface area contributed by atoms with Crippen LogP contribution in [0.5, 0.6) is 0 Å². The maximum absolute atomic E-state index is 13.4. The summed E-state index contributed by atoms with van der Waals surface area (Å²) >= 11 is 0. The number of nitrogens with one attached hydrogen (secondary N) is 1. The molecule has 0 bridgehead atoms. The maximum atomic E-state index is 13.4. The molecule has 1 N–H and O–H groups in total. The average molecular weight is 437 g/mol. The van der Waals surface area contributed by atoms with Crippen LogP contribution in [0.4, 0.5) is 0 Å². The number of hydrogen-bond donors (Lipinski definition) is 1. The lowest BCUT2D eigenvalue weighted by molar-refractivity contribution is -0.159. The van der Waals surface area contributed by atoms with Crippen LogP contribution in [-0.4, -0.2) is 40.4 Å². The summed E-state index contributed by atoms with van der Waals surface area (Å²) in [6.45, 7) is 7.69. The lowest BCUT2D eigenvalue weighted by Gasteiger charge is -2.37. The third kappa shape index (κ3) is 5.75. The highest BCUT2D eigenvalue weighted by molar-refractivity contribution is 5.98. The molecule has 2 aromatic rings. The number of fused-ring (bicyclic) bond motifs is 1. The Morgan fingerprint density at radius 3 is 2.28 bits per heavy atom. The van der Waals surface area contributed by atoms with Gasteiger partial charge in [-0.05, 0) is 50.5 Å². The van der Waals surface area contributed by atoms with E-state index in [1.165, 1.54) is 0 Å². The van der Waals surface area contributed by atoms with Gasteiger partial charge in [0.25, 0.3) is 5.91 Å². The van der Waals surface area contributed by atoms with E-state index in [0.717, 1.165) is 11.1 Å². The van der Waals surface area contributed by atoms with Gasteiger partial charge in [0.05, 0.1) is 0 Å². The smallest absolute Gasteiger partial charge is 0.329 e. The van der Waals surface area contributed by atoms with Crippen molar-refractivity contribution in [3.8, 4) is 0 Å². The Bertz CT molecular complexity index is 965. The molecule has 0 saturated heterocycles. The molecule has 1 heterocycles. The first-order valence-corrected chi connectivity index (χ1v) is 11.2. The molecule has 6 nitrogen and oxygen atoms in total. The van der Waals surface area contributed by atoms with Crippen molar-refractivity contribution in [2.24, 2.45) is 0 Å². The second-order valence-corrected chi connectivity index (χ2v) is 9.17. The van der Waals surface area contributed by atoms with Crippen molar-refractivity contribution in [3.63, 3.8) is 0 Å². The minimum Gasteiger partial charge on any atom is -0.458 e. The van der Waals surface area contributed by atoms with Crippen LogP contribution >= 0.6 is 0 Å². The Kier molecular flexibility index (Phi) is 7.33. The summed E-state index contributed by atoms with van der Waals surface area (Å²) in [4.78, 5) is 41.0. The van der Waals surface area contributed by atoms with Crippen LogP contribution in [0.25, 0.3) is 0 Å². The van der Waals surface area contributed by atoms with Gasteiger partial charge in [0.2, 0.25) is 5.91 Å². The number of benzene rings is 2. The number of carbonyl (C=O) groups excluding carboxylic acids is 3. The van der Waals surface area contributed by atoms with Crippen LogP contribution in [0, 0.1) is 0 Å². The van der Waals surface area contributed by atoms with E-state index in [2.05, 4.69) is 5.32 Å². The normalized spacial score (nSPS) is 16.6. The summed E-state index contributed by atoms with van der Waals surface area (Å²) < 4.78 is 5.51. The molecule has 3 rings (SSSR count). The van der Waals surface area contributed by atoms with E-state index in [9.17, 15) is 14.4 Å². The van der Waals surface area contributed by atoms with Crippen molar-refractivity contribution < 1.29 is 19.1 Å². The molecule has 2 atom stereocenters. The van der Waals surface area contributed by atoms with E-state index in [1.807, 2.05) is 37.3 Å². The lowest BCUT2D eigenvalue weighted by atomic mass is 9.92. The van der Waals surface area contributed by atoms with Crippen LogP contribution in [0.1, 0.15) is 62.0 Å². The van der Waals surface area contributed by atoms with E-state index in [1.54, 1.807) is 49.9 Å².